The molecule has 2 aromatic heterocycles. The van der Waals surface area contributed by atoms with Crippen LogP contribution in [0.1, 0.15) is 16.1 Å². The maximum Gasteiger partial charge on any atom is 0.416 e. The van der Waals surface area contributed by atoms with Gasteiger partial charge >= 0.3 is 5.76 Å². The zero-order valence-electron chi connectivity index (χ0n) is 15.6. The fraction of sp³-hybridized carbons (Fsp3) is 0.0476. The fourth-order valence-corrected chi connectivity index (χ4v) is 2.86. The van der Waals surface area contributed by atoms with Crippen molar-refractivity contribution in [2.24, 2.45) is 0 Å². The summed E-state index contributed by atoms with van der Waals surface area (Å²) in [6, 6.07) is 15.3. The molecule has 0 bridgehead atoms. The van der Waals surface area contributed by atoms with Crippen molar-refractivity contribution >= 4 is 23.2 Å². The summed E-state index contributed by atoms with van der Waals surface area (Å²) in [5, 5.41) is 12.1. The minimum atomic E-state index is -0.539. The molecule has 0 aliphatic heterocycles. The molecule has 0 saturated heterocycles. The zero-order valence-corrected chi connectivity index (χ0v) is 15.6. The molecule has 0 saturated carbocycles. The normalized spacial score (nSPS) is 10.5. The summed E-state index contributed by atoms with van der Waals surface area (Å²) in [5.41, 5.74) is 3.52. The minimum absolute atomic E-state index is 0.171. The second-order valence-electron chi connectivity index (χ2n) is 6.48. The van der Waals surface area contributed by atoms with Gasteiger partial charge in [0.2, 0.25) is 5.91 Å². The van der Waals surface area contributed by atoms with Gasteiger partial charge in [0.25, 0.3) is 5.91 Å². The Bertz CT molecular complexity index is 1220. The number of oxazole rings is 1. The molecule has 2 amide bonds. The minimum Gasteiger partial charge on any atom is -0.416 e. The predicted molar refractivity (Wildman–Crippen MR) is 110 cm³/mol. The molecule has 4 aromatic rings. The Morgan fingerprint density at radius 1 is 1.00 bits per heavy atom. The van der Waals surface area contributed by atoms with Gasteiger partial charge in [-0.25, -0.2) is 4.79 Å². The number of amides is 2. The van der Waals surface area contributed by atoms with Gasteiger partial charge in [0.1, 0.15) is 6.26 Å². The molecule has 0 spiro atoms. The van der Waals surface area contributed by atoms with Crippen molar-refractivity contribution in [3.8, 4) is 11.3 Å². The summed E-state index contributed by atoms with van der Waals surface area (Å²) in [4.78, 5) is 38.3. The molecule has 150 valence electrons. The van der Waals surface area contributed by atoms with Gasteiger partial charge in [-0.3, -0.25) is 19.7 Å². The quantitative estimate of drug-likeness (QED) is 0.393. The van der Waals surface area contributed by atoms with Crippen LogP contribution in [0.25, 0.3) is 11.3 Å². The molecular weight excluding hydrogens is 386 g/mol. The van der Waals surface area contributed by atoms with E-state index in [9.17, 15) is 14.4 Å². The summed E-state index contributed by atoms with van der Waals surface area (Å²) in [6.45, 7) is 0. The van der Waals surface area contributed by atoms with Gasteiger partial charge in [0.05, 0.1) is 12.1 Å². The lowest BCUT2D eigenvalue weighted by molar-refractivity contribution is -0.115. The lowest BCUT2D eigenvalue weighted by Crippen LogP contribution is -2.15. The van der Waals surface area contributed by atoms with Gasteiger partial charge in [0.15, 0.2) is 0 Å². The molecule has 0 aliphatic carbocycles. The summed E-state index contributed by atoms with van der Waals surface area (Å²) in [6.07, 6.45) is 3.08. The predicted octanol–water partition coefficient (Wildman–Crippen LogP) is 2.79. The third kappa shape index (κ3) is 4.53. The first-order chi connectivity index (χ1) is 14.6. The molecule has 9 nitrogen and oxygen atoms in total. The van der Waals surface area contributed by atoms with Crippen molar-refractivity contribution < 1.29 is 14.0 Å². The number of rotatable bonds is 6. The average Bonchev–Trinajstić information content (AvgIpc) is 3.40. The van der Waals surface area contributed by atoms with Crippen LogP contribution in [0.15, 0.2) is 76.3 Å². The summed E-state index contributed by atoms with van der Waals surface area (Å²) in [5.74, 6) is -1.04. The van der Waals surface area contributed by atoms with Crippen molar-refractivity contribution in [2.75, 3.05) is 10.6 Å². The highest BCUT2D eigenvalue weighted by Gasteiger charge is 2.10. The smallest absolute Gasteiger partial charge is 0.416 e. The topological polar surface area (TPSA) is 133 Å². The Labute approximate surface area is 170 Å². The Kier molecular flexibility index (Phi) is 5.25. The summed E-state index contributed by atoms with van der Waals surface area (Å²) >= 11 is 0. The molecule has 4 N–H and O–H groups in total. The SMILES string of the molecule is O=C(Cc1ccn[nH]1)Nc1cccc(NC(=O)c2ccc(-c3coc(=O)[nH]3)cc2)c1. The third-order valence-corrected chi connectivity index (χ3v) is 4.29. The van der Waals surface area contributed by atoms with Crippen LogP contribution in [0.5, 0.6) is 0 Å². The first-order valence-corrected chi connectivity index (χ1v) is 9.04. The van der Waals surface area contributed by atoms with E-state index in [0.717, 1.165) is 5.56 Å². The van der Waals surface area contributed by atoms with E-state index in [-0.39, 0.29) is 18.2 Å². The van der Waals surface area contributed by atoms with Crippen LogP contribution < -0.4 is 16.4 Å². The molecule has 9 heteroatoms. The number of H-pyrrole nitrogens is 2. The van der Waals surface area contributed by atoms with Gasteiger partial charge in [-0.1, -0.05) is 18.2 Å². The second-order valence-corrected chi connectivity index (χ2v) is 6.48. The second kappa shape index (κ2) is 8.31. The largest absolute Gasteiger partial charge is 0.416 e. The highest BCUT2D eigenvalue weighted by atomic mass is 16.4. The van der Waals surface area contributed by atoms with Crippen LogP contribution in [0.3, 0.4) is 0 Å². The first kappa shape index (κ1) is 18.9. The molecule has 2 heterocycles. The van der Waals surface area contributed by atoms with Crippen molar-refractivity contribution in [1.82, 2.24) is 15.2 Å². The Hall–Kier alpha value is -4.40. The molecular formula is C21H17N5O4. The molecule has 0 radical (unpaired) electrons. The lowest BCUT2D eigenvalue weighted by Gasteiger charge is -2.09. The van der Waals surface area contributed by atoms with E-state index in [2.05, 4.69) is 25.8 Å². The van der Waals surface area contributed by atoms with Gasteiger partial charge in [0, 0.05) is 34.4 Å². The molecule has 2 aromatic carbocycles. The number of hydrogen-bond donors (Lipinski definition) is 4. The Morgan fingerprint density at radius 2 is 1.77 bits per heavy atom. The number of aromatic amines is 2. The molecule has 0 fully saturated rings. The number of nitrogens with one attached hydrogen (secondary N) is 4. The number of carbonyl (C=O) groups is 2. The van der Waals surface area contributed by atoms with E-state index in [1.54, 1.807) is 60.8 Å². The standard InChI is InChI=1S/C21H17N5O4/c27-19(11-17-8-9-22-26-17)23-15-2-1-3-16(10-15)24-20(28)14-6-4-13(5-7-14)18-12-30-21(29)25-18/h1-10,12H,11H2,(H,22,26)(H,23,27)(H,24,28)(H,25,29). The number of hydrogen-bond acceptors (Lipinski definition) is 5. The highest BCUT2D eigenvalue weighted by molar-refractivity contribution is 6.05. The highest BCUT2D eigenvalue weighted by Crippen LogP contribution is 2.19. The van der Waals surface area contributed by atoms with Crippen molar-refractivity contribution in [3.63, 3.8) is 0 Å². The Balaban J connectivity index is 1.40. The van der Waals surface area contributed by atoms with Crippen LogP contribution in [-0.2, 0) is 11.2 Å². The van der Waals surface area contributed by atoms with Crippen molar-refractivity contribution in [1.29, 1.82) is 0 Å². The summed E-state index contributed by atoms with van der Waals surface area (Å²) in [7, 11) is 0. The number of carbonyl (C=O) groups excluding carboxylic acids is 2. The molecule has 0 atom stereocenters. The molecule has 4 rings (SSSR count). The van der Waals surface area contributed by atoms with E-state index in [1.165, 1.54) is 6.26 Å². The number of aromatic nitrogens is 3. The van der Waals surface area contributed by atoms with Crippen molar-refractivity contribution in [2.45, 2.75) is 6.42 Å². The van der Waals surface area contributed by atoms with Crippen molar-refractivity contribution in [3.05, 3.63) is 88.9 Å². The van der Waals surface area contributed by atoms with Crippen LogP contribution in [0.2, 0.25) is 0 Å². The van der Waals surface area contributed by atoms with Gasteiger partial charge in [-0.15, -0.1) is 0 Å². The van der Waals surface area contributed by atoms with E-state index >= 15 is 0 Å². The molecule has 0 unspecified atom stereocenters. The monoisotopic (exact) mass is 403 g/mol. The van der Waals surface area contributed by atoms with Crippen LogP contribution in [0.4, 0.5) is 11.4 Å². The van der Waals surface area contributed by atoms with E-state index in [0.29, 0.717) is 28.3 Å². The van der Waals surface area contributed by atoms with Crippen LogP contribution >= 0.6 is 0 Å². The van der Waals surface area contributed by atoms with Gasteiger partial charge in [-0.2, -0.15) is 5.10 Å². The van der Waals surface area contributed by atoms with E-state index in [4.69, 9.17) is 4.42 Å². The maximum absolute atomic E-state index is 12.5. The fourth-order valence-electron chi connectivity index (χ4n) is 2.86. The van der Waals surface area contributed by atoms with Gasteiger partial charge in [-0.05, 0) is 36.4 Å². The number of benzene rings is 2. The maximum atomic E-state index is 12.5. The van der Waals surface area contributed by atoms with E-state index < -0.39 is 5.76 Å². The molecule has 0 aliphatic rings. The zero-order chi connectivity index (χ0) is 20.9. The van der Waals surface area contributed by atoms with Gasteiger partial charge < -0.3 is 15.1 Å². The summed E-state index contributed by atoms with van der Waals surface area (Å²) < 4.78 is 4.72. The van der Waals surface area contributed by atoms with Crippen LogP contribution in [0, 0.1) is 0 Å². The van der Waals surface area contributed by atoms with E-state index in [1.807, 2.05) is 0 Å². The number of nitrogens with zero attached hydrogens (tertiary/aromatic N) is 1. The van der Waals surface area contributed by atoms with Crippen LogP contribution in [-0.4, -0.2) is 27.0 Å². The third-order valence-electron chi connectivity index (χ3n) is 4.29. The Morgan fingerprint density at radius 3 is 2.43 bits per heavy atom. The first-order valence-electron chi connectivity index (χ1n) is 9.04. The molecule has 30 heavy (non-hydrogen) atoms. The lowest BCUT2D eigenvalue weighted by atomic mass is 10.1. The number of anilines is 2. The average molecular weight is 403 g/mol.